The predicted molar refractivity (Wildman–Crippen MR) is 84.6 cm³/mol. The molecule has 3 nitrogen and oxygen atoms in total. The van der Waals surface area contributed by atoms with Crippen molar-refractivity contribution in [1.29, 1.82) is 0 Å². The molecule has 0 aliphatic rings. The minimum atomic E-state index is -0.978. The molecule has 0 aromatic heterocycles. The van der Waals surface area contributed by atoms with Crippen LogP contribution in [0, 0.1) is 0 Å². The minimum absolute atomic E-state index is 0.532. The van der Waals surface area contributed by atoms with E-state index in [-0.39, 0.29) is 0 Å². The molecule has 0 spiro atoms. The highest BCUT2D eigenvalue weighted by atomic mass is 79.9. The van der Waals surface area contributed by atoms with Gasteiger partial charge < -0.3 is 10.4 Å². The van der Waals surface area contributed by atoms with E-state index >= 15 is 0 Å². The fourth-order valence-corrected chi connectivity index (χ4v) is 2.33. The average molecular weight is 375 g/mol. The number of aliphatic carboxylic acids is 1. The Balaban J connectivity index is 2.29. The van der Waals surface area contributed by atoms with Crippen LogP contribution in [-0.2, 0) is 4.79 Å². The van der Waals surface area contributed by atoms with E-state index in [1.807, 2.05) is 0 Å². The van der Waals surface area contributed by atoms with Gasteiger partial charge in [-0.15, -0.1) is 0 Å². The highest BCUT2D eigenvalue weighted by molar-refractivity contribution is 9.10. The molecular formula is C14H10BrCl2NO2. The molecule has 0 heterocycles. The molecule has 0 radical (unpaired) electrons. The maximum absolute atomic E-state index is 11.4. The van der Waals surface area contributed by atoms with Crippen molar-refractivity contribution in [3.05, 3.63) is 62.5 Å². The van der Waals surface area contributed by atoms with Gasteiger partial charge in [0.25, 0.3) is 0 Å². The van der Waals surface area contributed by atoms with Crippen molar-refractivity contribution in [3.8, 4) is 0 Å². The third-order valence-electron chi connectivity index (χ3n) is 2.68. The molecule has 2 N–H and O–H groups in total. The molecule has 2 aromatic carbocycles. The van der Waals surface area contributed by atoms with Crippen LogP contribution in [0.4, 0.5) is 5.69 Å². The lowest BCUT2D eigenvalue weighted by molar-refractivity contribution is -0.138. The number of carbonyl (C=O) groups is 1. The topological polar surface area (TPSA) is 49.3 Å². The molecule has 0 aliphatic heterocycles. The summed E-state index contributed by atoms with van der Waals surface area (Å²) in [6.07, 6.45) is 0. The Morgan fingerprint density at radius 2 is 1.80 bits per heavy atom. The van der Waals surface area contributed by atoms with Crippen LogP contribution >= 0.6 is 39.1 Å². The molecule has 0 saturated carbocycles. The molecule has 0 fully saturated rings. The predicted octanol–water partition coefficient (Wildman–Crippen LogP) is 4.99. The number of carboxylic acid groups (broad SMARTS) is 1. The molecule has 0 saturated heterocycles. The summed E-state index contributed by atoms with van der Waals surface area (Å²) >= 11 is 15.0. The molecule has 20 heavy (non-hydrogen) atoms. The van der Waals surface area contributed by atoms with Crippen molar-refractivity contribution >= 4 is 50.8 Å². The van der Waals surface area contributed by atoms with E-state index in [0.29, 0.717) is 25.8 Å². The lowest BCUT2D eigenvalue weighted by Crippen LogP contribution is -2.20. The van der Waals surface area contributed by atoms with Gasteiger partial charge in [0, 0.05) is 15.2 Å². The van der Waals surface area contributed by atoms with E-state index < -0.39 is 12.0 Å². The second-order valence-corrected chi connectivity index (χ2v) is 5.79. The maximum atomic E-state index is 11.4. The number of anilines is 1. The average Bonchev–Trinajstić information content (AvgIpc) is 2.41. The zero-order valence-corrected chi connectivity index (χ0v) is 13.2. The lowest BCUT2D eigenvalue weighted by atomic mass is 10.1. The Bertz CT molecular complexity index is 632. The lowest BCUT2D eigenvalue weighted by Gasteiger charge is -2.17. The van der Waals surface area contributed by atoms with Crippen LogP contribution in [0.15, 0.2) is 46.9 Å². The SMILES string of the molecule is O=C(O)C(Nc1ccc(Cl)cc1)c1ccc(Cl)c(Br)c1. The van der Waals surface area contributed by atoms with Crippen molar-refractivity contribution < 1.29 is 9.90 Å². The molecule has 0 amide bonds. The summed E-state index contributed by atoms with van der Waals surface area (Å²) in [7, 11) is 0. The highest BCUT2D eigenvalue weighted by Gasteiger charge is 2.20. The Morgan fingerprint density at radius 3 is 2.35 bits per heavy atom. The van der Waals surface area contributed by atoms with Crippen LogP contribution in [0.2, 0.25) is 10.0 Å². The van der Waals surface area contributed by atoms with Crippen LogP contribution in [0.5, 0.6) is 0 Å². The molecule has 1 atom stereocenters. The standard InChI is InChI=1S/C14H10BrCl2NO2/c15-11-7-8(1-6-12(11)17)13(14(19)20)18-10-4-2-9(16)3-5-10/h1-7,13,18H,(H,19,20). The fourth-order valence-electron chi connectivity index (χ4n) is 1.69. The second kappa shape index (κ2) is 6.48. The summed E-state index contributed by atoms with van der Waals surface area (Å²) in [5.41, 5.74) is 1.27. The van der Waals surface area contributed by atoms with Crippen molar-refractivity contribution in [1.82, 2.24) is 0 Å². The van der Waals surface area contributed by atoms with Gasteiger partial charge in [-0.25, -0.2) is 4.79 Å². The van der Waals surface area contributed by atoms with Crippen molar-refractivity contribution in [2.45, 2.75) is 6.04 Å². The number of halogens is 3. The zero-order valence-electron chi connectivity index (χ0n) is 10.1. The first-order valence-corrected chi connectivity index (χ1v) is 7.22. The van der Waals surface area contributed by atoms with Gasteiger partial charge in [0.2, 0.25) is 0 Å². The fraction of sp³-hybridized carbons (Fsp3) is 0.0714. The van der Waals surface area contributed by atoms with E-state index in [1.165, 1.54) is 0 Å². The molecule has 0 aliphatic carbocycles. The zero-order chi connectivity index (χ0) is 14.7. The Labute approximate surface area is 134 Å². The van der Waals surface area contributed by atoms with Crippen LogP contribution in [-0.4, -0.2) is 11.1 Å². The first-order chi connectivity index (χ1) is 9.47. The summed E-state index contributed by atoms with van der Waals surface area (Å²) in [4.78, 5) is 11.4. The summed E-state index contributed by atoms with van der Waals surface area (Å²) in [5.74, 6) is -0.978. The number of carboxylic acids is 1. The monoisotopic (exact) mass is 373 g/mol. The first kappa shape index (κ1) is 15.2. The number of benzene rings is 2. The van der Waals surface area contributed by atoms with Gasteiger partial charge in [0.05, 0.1) is 5.02 Å². The third-order valence-corrected chi connectivity index (χ3v) is 4.15. The van der Waals surface area contributed by atoms with E-state index in [9.17, 15) is 9.90 Å². The quantitative estimate of drug-likeness (QED) is 0.792. The number of rotatable bonds is 4. The summed E-state index contributed by atoms with van der Waals surface area (Å²) in [6, 6.07) is 11.0. The van der Waals surface area contributed by atoms with Gasteiger partial charge in [0.1, 0.15) is 0 Å². The van der Waals surface area contributed by atoms with Crippen LogP contribution in [0.1, 0.15) is 11.6 Å². The molecular weight excluding hydrogens is 365 g/mol. The normalized spacial score (nSPS) is 11.9. The maximum Gasteiger partial charge on any atom is 0.330 e. The van der Waals surface area contributed by atoms with Gasteiger partial charge in [-0.1, -0.05) is 29.3 Å². The number of hydrogen-bond acceptors (Lipinski definition) is 2. The summed E-state index contributed by atoms with van der Waals surface area (Å²) in [5, 5.41) is 13.4. The van der Waals surface area contributed by atoms with Crippen LogP contribution in [0.3, 0.4) is 0 Å². The van der Waals surface area contributed by atoms with Gasteiger partial charge in [-0.05, 0) is 57.9 Å². The Hall–Kier alpha value is -1.23. The van der Waals surface area contributed by atoms with E-state index in [0.717, 1.165) is 0 Å². The highest BCUT2D eigenvalue weighted by Crippen LogP contribution is 2.28. The van der Waals surface area contributed by atoms with E-state index in [4.69, 9.17) is 23.2 Å². The van der Waals surface area contributed by atoms with Crippen molar-refractivity contribution in [3.63, 3.8) is 0 Å². The van der Waals surface area contributed by atoms with Crippen LogP contribution < -0.4 is 5.32 Å². The van der Waals surface area contributed by atoms with Gasteiger partial charge in [0.15, 0.2) is 6.04 Å². The molecule has 104 valence electrons. The molecule has 6 heteroatoms. The van der Waals surface area contributed by atoms with Gasteiger partial charge in [-0.2, -0.15) is 0 Å². The van der Waals surface area contributed by atoms with Crippen molar-refractivity contribution in [2.75, 3.05) is 5.32 Å². The molecule has 0 bridgehead atoms. The van der Waals surface area contributed by atoms with Crippen molar-refractivity contribution in [2.24, 2.45) is 0 Å². The second-order valence-electron chi connectivity index (χ2n) is 4.10. The summed E-state index contributed by atoms with van der Waals surface area (Å²) in [6.45, 7) is 0. The Kier molecular flexibility index (Phi) is 4.91. The van der Waals surface area contributed by atoms with Gasteiger partial charge in [-0.3, -0.25) is 0 Å². The smallest absolute Gasteiger partial charge is 0.330 e. The minimum Gasteiger partial charge on any atom is -0.479 e. The van der Waals surface area contributed by atoms with Gasteiger partial charge >= 0.3 is 5.97 Å². The third kappa shape index (κ3) is 3.66. The molecule has 2 aromatic rings. The molecule has 2 rings (SSSR count). The molecule has 1 unspecified atom stereocenters. The Morgan fingerprint density at radius 1 is 1.15 bits per heavy atom. The van der Waals surface area contributed by atoms with Crippen LogP contribution in [0.25, 0.3) is 0 Å². The van der Waals surface area contributed by atoms with E-state index in [2.05, 4.69) is 21.2 Å². The number of hydrogen-bond donors (Lipinski definition) is 2. The van der Waals surface area contributed by atoms with E-state index in [1.54, 1.807) is 42.5 Å². The first-order valence-electron chi connectivity index (χ1n) is 5.67. The largest absolute Gasteiger partial charge is 0.479 e. The number of nitrogens with one attached hydrogen (secondary N) is 1. The summed E-state index contributed by atoms with van der Waals surface area (Å²) < 4.78 is 0.654.